The van der Waals surface area contributed by atoms with E-state index in [1.807, 2.05) is 0 Å². The smallest absolute Gasteiger partial charge is 0.417 e. The van der Waals surface area contributed by atoms with Gasteiger partial charge >= 0.3 is 12.3 Å². The monoisotopic (exact) mass is 403 g/mol. The van der Waals surface area contributed by atoms with Crippen LogP contribution in [0, 0.1) is 0 Å². The van der Waals surface area contributed by atoms with Gasteiger partial charge in [0.05, 0.1) is 18.7 Å². The van der Waals surface area contributed by atoms with Gasteiger partial charge < -0.3 is 25.4 Å². The molecule has 0 aromatic carbocycles. The highest BCUT2D eigenvalue weighted by molar-refractivity contribution is 5.78. The Kier molecular flexibility index (Phi) is 7.70. The fourth-order valence-electron chi connectivity index (χ4n) is 2.63. The number of nitrogens with zero attached hydrogens (tertiary/aromatic N) is 3. The molecule has 0 bridgehead atoms. The maximum absolute atomic E-state index is 12.5. The van der Waals surface area contributed by atoms with Gasteiger partial charge in [-0.05, 0) is 25.8 Å². The minimum absolute atomic E-state index is 0.0843. The Morgan fingerprint density at radius 1 is 1.39 bits per heavy atom. The Morgan fingerprint density at radius 3 is 2.68 bits per heavy atom. The minimum Gasteiger partial charge on any atom is -0.476 e. The minimum atomic E-state index is -4.43. The van der Waals surface area contributed by atoms with Crippen LogP contribution in [0.15, 0.2) is 23.3 Å². The molecule has 11 heteroatoms. The molecule has 1 aliphatic rings. The summed E-state index contributed by atoms with van der Waals surface area (Å²) in [6, 6.07) is 2.17. The van der Waals surface area contributed by atoms with E-state index in [4.69, 9.17) is 15.2 Å². The number of carbonyl (C=O) groups excluding carboxylic acids is 1. The number of alkyl halides is 3. The highest BCUT2D eigenvalue weighted by atomic mass is 19.4. The molecule has 1 fully saturated rings. The van der Waals surface area contributed by atoms with Crippen molar-refractivity contribution in [2.75, 3.05) is 32.8 Å². The van der Waals surface area contributed by atoms with Gasteiger partial charge in [-0.1, -0.05) is 0 Å². The fourth-order valence-corrected chi connectivity index (χ4v) is 2.63. The van der Waals surface area contributed by atoms with Crippen LogP contribution in [0.3, 0.4) is 0 Å². The summed E-state index contributed by atoms with van der Waals surface area (Å²) in [7, 11) is 0. The van der Waals surface area contributed by atoms with E-state index in [9.17, 15) is 18.0 Å². The molecule has 0 spiro atoms. The molecule has 156 valence electrons. The maximum Gasteiger partial charge on any atom is 0.417 e. The molecule has 28 heavy (non-hydrogen) atoms. The molecular weight excluding hydrogens is 379 g/mol. The zero-order valence-electron chi connectivity index (χ0n) is 15.5. The number of nitrogens with two attached hydrogens (primary N) is 1. The first-order valence-corrected chi connectivity index (χ1v) is 8.93. The van der Waals surface area contributed by atoms with Gasteiger partial charge in [-0.3, -0.25) is 0 Å². The summed E-state index contributed by atoms with van der Waals surface area (Å²) < 4.78 is 47.6. The maximum atomic E-state index is 12.5. The van der Waals surface area contributed by atoms with Crippen LogP contribution in [0.1, 0.15) is 25.3 Å². The number of aliphatic imine (C=N–C) groups is 1. The molecule has 8 nitrogen and oxygen atoms in total. The topological polar surface area (TPSA) is 102 Å². The first kappa shape index (κ1) is 21.6. The zero-order valence-corrected chi connectivity index (χ0v) is 15.5. The normalized spacial score (nSPS) is 16.0. The lowest BCUT2D eigenvalue weighted by atomic mass is 10.1. The summed E-state index contributed by atoms with van der Waals surface area (Å²) in [5, 5.41) is 3.09. The van der Waals surface area contributed by atoms with E-state index in [0.717, 1.165) is 31.2 Å². The van der Waals surface area contributed by atoms with Crippen molar-refractivity contribution in [2.45, 2.75) is 32.0 Å². The van der Waals surface area contributed by atoms with Gasteiger partial charge in [-0.25, -0.2) is 14.8 Å². The van der Waals surface area contributed by atoms with E-state index < -0.39 is 11.7 Å². The Balaban J connectivity index is 1.67. The van der Waals surface area contributed by atoms with Gasteiger partial charge in [0.25, 0.3) is 0 Å². The summed E-state index contributed by atoms with van der Waals surface area (Å²) in [6.45, 7) is 3.62. The van der Waals surface area contributed by atoms with Crippen molar-refractivity contribution < 1.29 is 27.4 Å². The lowest BCUT2D eigenvalue weighted by molar-refractivity contribution is -0.137. The number of aromatic nitrogens is 1. The Hall–Kier alpha value is -2.72. The van der Waals surface area contributed by atoms with Crippen LogP contribution in [0.2, 0.25) is 0 Å². The number of ether oxygens (including phenoxy) is 2. The van der Waals surface area contributed by atoms with Crippen LogP contribution < -0.4 is 15.8 Å². The van der Waals surface area contributed by atoms with Crippen molar-refractivity contribution in [1.29, 1.82) is 0 Å². The van der Waals surface area contributed by atoms with Crippen molar-refractivity contribution in [3.05, 3.63) is 23.9 Å². The fraction of sp³-hybridized carbons (Fsp3) is 0.588. The number of rotatable bonds is 6. The van der Waals surface area contributed by atoms with Crippen molar-refractivity contribution in [3.63, 3.8) is 0 Å². The highest BCUT2D eigenvalue weighted by Crippen LogP contribution is 2.29. The number of halogens is 3. The van der Waals surface area contributed by atoms with Crippen LogP contribution in [0.4, 0.5) is 18.0 Å². The number of amides is 1. The summed E-state index contributed by atoms with van der Waals surface area (Å²) in [6.07, 6.45) is -2.57. The second-order valence-electron chi connectivity index (χ2n) is 6.10. The standard InChI is InChI=1S/C17H24F3N5O3/c1-2-27-16(26)25-8-5-13(6-9-25)24-15(21)22-7-10-28-14-4-3-12(11-23-14)17(18,19)20/h3-4,11,13H,2,5-10H2,1H3,(H3,21,22,24). The summed E-state index contributed by atoms with van der Waals surface area (Å²) in [5.41, 5.74) is 5.00. The largest absolute Gasteiger partial charge is 0.476 e. The van der Waals surface area contributed by atoms with E-state index in [1.165, 1.54) is 0 Å². The van der Waals surface area contributed by atoms with Crippen molar-refractivity contribution >= 4 is 12.1 Å². The number of nitrogens with one attached hydrogen (secondary N) is 1. The predicted molar refractivity (Wildman–Crippen MR) is 96.0 cm³/mol. The van der Waals surface area contributed by atoms with Gasteiger partial charge in [-0.2, -0.15) is 13.2 Å². The average molecular weight is 403 g/mol. The molecular formula is C17H24F3N5O3. The van der Waals surface area contributed by atoms with Gasteiger partial charge in [0.15, 0.2) is 5.96 Å². The second kappa shape index (κ2) is 10.00. The third-order valence-corrected chi connectivity index (χ3v) is 4.06. The number of carbonyl (C=O) groups is 1. The lowest BCUT2D eigenvalue weighted by Crippen LogP contribution is -2.48. The quantitative estimate of drug-likeness (QED) is 0.428. The molecule has 1 saturated heterocycles. The SMILES string of the molecule is CCOC(=O)N1CCC(NC(N)=NCCOc2ccc(C(F)(F)F)cn2)CC1. The van der Waals surface area contributed by atoms with Crippen LogP contribution in [0.5, 0.6) is 5.88 Å². The highest BCUT2D eigenvalue weighted by Gasteiger charge is 2.30. The van der Waals surface area contributed by atoms with E-state index >= 15 is 0 Å². The number of guanidine groups is 1. The second-order valence-corrected chi connectivity index (χ2v) is 6.10. The molecule has 0 atom stereocenters. The van der Waals surface area contributed by atoms with Gasteiger partial charge in [-0.15, -0.1) is 0 Å². The summed E-state index contributed by atoms with van der Waals surface area (Å²) in [5.74, 6) is 0.333. The number of hydrogen-bond donors (Lipinski definition) is 2. The lowest BCUT2D eigenvalue weighted by Gasteiger charge is -2.31. The molecule has 2 rings (SSSR count). The molecule has 0 unspecified atom stereocenters. The summed E-state index contributed by atoms with van der Waals surface area (Å²) in [4.78, 5) is 21.0. The van der Waals surface area contributed by atoms with Crippen molar-refractivity contribution in [2.24, 2.45) is 10.7 Å². The molecule has 0 radical (unpaired) electrons. The third kappa shape index (κ3) is 6.78. The van der Waals surface area contributed by atoms with Crippen LogP contribution in [-0.4, -0.2) is 60.8 Å². The number of piperidine rings is 1. The number of hydrogen-bond acceptors (Lipinski definition) is 5. The molecule has 0 aliphatic carbocycles. The van der Waals surface area contributed by atoms with Crippen LogP contribution in [-0.2, 0) is 10.9 Å². The molecule has 1 amide bonds. The predicted octanol–water partition coefficient (Wildman–Crippen LogP) is 2.00. The number of likely N-dealkylation sites (tertiary alicyclic amines) is 1. The van der Waals surface area contributed by atoms with Crippen molar-refractivity contribution in [1.82, 2.24) is 15.2 Å². The third-order valence-electron chi connectivity index (χ3n) is 4.06. The van der Waals surface area contributed by atoms with E-state index in [-0.39, 0.29) is 37.1 Å². The Labute approximate surface area is 160 Å². The Morgan fingerprint density at radius 2 is 2.11 bits per heavy atom. The van der Waals surface area contributed by atoms with E-state index in [1.54, 1.807) is 11.8 Å². The van der Waals surface area contributed by atoms with Crippen LogP contribution in [0.25, 0.3) is 0 Å². The molecule has 2 heterocycles. The molecule has 0 saturated carbocycles. The van der Waals surface area contributed by atoms with Gasteiger partial charge in [0.1, 0.15) is 6.61 Å². The number of pyridine rings is 1. The Bertz CT molecular complexity index is 659. The molecule has 3 N–H and O–H groups in total. The first-order valence-electron chi connectivity index (χ1n) is 8.93. The zero-order chi connectivity index (χ0) is 20.6. The molecule has 1 aromatic rings. The van der Waals surface area contributed by atoms with E-state index in [2.05, 4.69) is 15.3 Å². The van der Waals surface area contributed by atoms with Gasteiger partial charge in [0, 0.05) is 31.4 Å². The summed E-state index contributed by atoms with van der Waals surface area (Å²) >= 11 is 0. The van der Waals surface area contributed by atoms with Crippen LogP contribution >= 0.6 is 0 Å². The van der Waals surface area contributed by atoms with Crippen molar-refractivity contribution in [3.8, 4) is 5.88 Å². The first-order chi connectivity index (χ1) is 13.3. The average Bonchev–Trinajstić information content (AvgIpc) is 2.66. The molecule has 1 aromatic heterocycles. The van der Waals surface area contributed by atoms with E-state index in [0.29, 0.717) is 19.7 Å². The molecule has 1 aliphatic heterocycles. The van der Waals surface area contributed by atoms with Gasteiger partial charge in [0.2, 0.25) is 5.88 Å².